The van der Waals surface area contributed by atoms with E-state index < -0.39 is 5.51 Å². The standard InChI is InChI=1S/C11H11F3O3S/c1-16-9-3-2-8(7-15)10(6-9)17-4-5-18-11(12,13)14/h2-3,6-7H,4-5H2,1H3. The van der Waals surface area contributed by atoms with Crippen LogP contribution in [0.25, 0.3) is 0 Å². The Bertz CT molecular complexity index is 407. The van der Waals surface area contributed by atoms with Gasteiger partial charge in [0, 0.05) is 11.8 Å². The van der Waals surface area contributed by atoms with Gasteiger partial charge in [0.2, 0.25) is 0 Å². The molecule has 0 heterocycles. The Kier molecular flexibility index (Phi) is 5.33. The van der Waals surface area contributed by atoms with Crippen molar-refractivity contribution in [1.29, 1.82) is 0 Å². The third-order valence-electron chi connectivity index (χ3n) is 1.95. The maximum absolute atomic E-state index is 11.9. The van der Waals surface area contributed by atoms with Gasteiger partial charge < -0.3 is 9.47 Å². The molecule has 0 amide bonds. The van der Waals surface area contributed by atoms with E-state index in [0.29, 0.717) is 12.0 Å². The Labute approximate surface area is 106 Å². The number of rotatable bonds is 6. The van der Waals surface area contributed by atoms with Crippen LogP contribution in [0, 0.1) is 0 Å². The fourth-order valence-corrected chi connectivity index (χ4v) is 1.57. The van der Waals surface area contributed by atoms with E-state index in [1.807, 2.05) is 0 Å². The lowest BCUT2D eigenvalue weighted by atomic mass is 10.2. The minimum atomic E-state index is -4.27. The number of carbonyl (C=O) groups excluding carboxylic acids is 1. The Morgan fingerprint density at radius 2 is 2.11 bits per heavy atom. The van der Waals surface area contributed by atoms with Crippen LogP contribution >= 0.6 is 11.8 Å². The summed E-state index contributed by atoms with van der Waals surface area (Å²) in [6, 6.07) is 4.51. The van der Waals surface area contributed by atoms with E-state index in [-0.39, 0.29) is 35.4 Å². The van der Waals surface area contributed by atoms with E-state index in [4.69, 9.17) is 9.47 Å². The summed E-state index contributed by atoms with van der Waals surface area (Å²) in [6.45, 7) is -0.141. The summed E-state index contributed by atoms with van der Waals surface area (Å²) < 4.78 is 45.7. The average molecular weight is 280 g/mol. The molecule has 0 saturated heterocycles. The first kappa shape index (κ1) is 14.7. The van der Waals surface area contributed by atoms with Crippen molar-refractivity contribution in [3.05, 3.63) is 23.8 Å². The highest BCUT2D eigenvalue weighted by Gasteiger charge is 2.27. The predicted molar refractivity (Wildman–Crippen MR) is 62.4 cm³/mol. The van der Waals surface area contributed by atoms with Crippen LogP contribution in [0.1, 0.15) is 10.4 Å². The van der Waals surface area contributed by atoms with Crippen LogP contribution in [0.5, 0.6) is 11.5 Å². The molecule has 0 spiro atoms. The normalized spacial score (nSPS) is 11.1. The molecule has 0 N–H and O–H groups in total. The average Bonchev–Trinajstić information content (AvgIpc) is 2.33. The van der Waals surface area contributed by atoms with E-state index in [1.165, 1.54) is 19.2 Å². The van der Waals surface area contributed by atoms with Gasteiger partial charge in [-0.15, -0.1) is 0 Å². The zero-order valence-corrected chi connectivity index (χ0v) is 10.3. The molecule has 1 rings (SSSR count). The highest BCUT2D eigenvalue weighted by atomic mass is 32.2. The van der Waals surface area contributed by atoms with Crippen LogP contribution in [-0.4, -0.2) is 31.3 Å². The van der Waals surface area contributed by atoms with Crippen molar-refractivity contribution in [3.8, 4) is 11.5 Å². The highest BCUT2D eigenvalue weighted by Crippen LogP contribution is 2.30. The molecule has 1 aromatic rings. The molecule has 0 aromatic heterocycles. The van der Waals surface area contributed by atoms with Gasteiger partial charge in [-0.1, -0.05) is 0 Å². The number of alkyl halides is 3. The minimum absolute atomic E-state index is 0.141. The number of aldehydes is 1. The summed E-state index contributed by atoms with van der Waals surface area (Å²) in [5.41, 5.74) is -4.00. The largest absolute Gasteiger partial charge is 0.497 e. The molecule has 0 fully saturated rings. The summed E-state index contributed by atoms with van der Waals surface area (Å²) in [4.78, 5) is 10.7. The highest BCUT2D eigenvalue weighted by molar-refractivity contribution is 8.00. The van der Waals surface area contributed by atoms with Crippen molar-refractivity contribution in [2.45, 2.75) is 5.51 Å². The van der Waals surface area contributed by atoms with Crippen LogP contribution in [0.4, 0.5) is 13.2 Å². The van der Waals surface area contributed by atoms with Crippen LogP contribution in [-0.2, 0) is 0 Å². The van der Waals surface area contributed by atoms with Gasteiger partial charge >= 0.3 is 5.51 Å². The molecule has 7 heteroatoms. The van der Waals surface area contributed by atoms with Gasteiger partial charge in [-0.05, 0) is 23.9 Å². The Morgan fingerprint density at radius 3 is 2.67 bits per heavy atom. The van der Waals surface area contributed by atoms with Crippen LogP contribution < -0.4 is 9.47 Å². The number of hydrogen-bond acceptors (Lipinski definition) is 4. The number of thioether (sulfide) groups is 1. The molecule has 100 valence electrons. The van der Waals surface area contributed by atoms with E-state index >= 15 is 0 Å². The summed E-state index contributed by atoms with van der Waals surface area (Å²) in [7, 11) is 1.44. The van der Waals surface area contributed by atoms with Crippen molar-refractivity contribution in [2.75, 3.05) is 19.5 Å². The molecule has 0 unspecified atom stereocenters. The van der Waals surface area contributed by atoms with E-state index in [2.05, 4.69) is 0 Å². The molecule has 0 aliphatic heterocycles. The van der Waals surface area contributed by atoms with Crippen LogP contribution in [0.3, 0.4) is 0 Å². The summed E-state index contributed by atoms with van der Waals surface area (Å²) in [6.07, 6.45) is 0.575. The third-order valence-corrected chi connectivity index (χ3v) is 2.65. The second-order valence-corrected chi connectivity index (χ2v) is 4.32. The molecule has 0 atom stereocenters. The summed E-state index contributed by atoms with van der Waals surface area (Å²) in [5.74, 6) is 0.449. The topological polar surface area (TPSA) is 35.5 Å². The van der Waals surface area contributed by atoms with Gasteiger partial charge in [0.15, 0.2) is 6.29 Å². The molecule has 18 heavy (non-hydrogen) atoms. The van der Waals surface area contributed by atoms with Crippen molar-refractivity contribution in [3.63, 3.8) is 0 Å². The lowest BCUT2D eigenvalue weighted by Crippen LogP contribution is -2.08. The van der Waals surface area contributed by atoms with Crippen LogP contribution in [0.2, 0.25) is 0 Å². The third kappa shape index (κ3) is 4.87. The van der Waals surface area contributed by atoms with E-state index in [0.717, 1.165) is 0 Å². The number of methoxy groups -OCH3 is 1. The Morgan fingerprint density at radius 1 is 1.39 bits per heavy atom. The number of ether oxygens (including phenoxy) is 2. The predicted octanol–water partition coefficient (Wildman–Crippen LogP) is 3.14. The zero-order valence-electron chi connectivity index (χ0n) is 9.49. The Hall–Kier alpha value is -1.37. The van der Waals surface area contributed by atoms with Gasteiger partial charge in [0.05, 0.1) is 19.3 Å². The van der Waals surface area contributed by atoms with Crippen molar-refractivity contribution >= 4 is 18.0 Å². The van der Waals surface area contributed by atoms with Crippen molar-refractivity contribution < 1.29 is 27.4 Å². The van der Waals surface area contributed by atoms with Gasteiger partial charge in [0.1, 0.15) is 11.5 Å². The van der Waals surface area contributed by atoms with Gasteiger partial charge in [0.25, 0.3) is 0 Å². The number of benzene rings is 1. The molecule has 0 aliphatic carbocycles. The van der Waals surface area contributed by atoms with E-state index in [1.54, 1.807) is 6.07 Å². The fraction of sp³-hybridized carbons (Fsp3) is 0.364. The molecule has 0 bridgehead atoms. The molecular weight excluding hydrogens is 269 g/mol. The molecular formula is C11H11F3O3S. The van der Waals surface area contributed by atoms with Crippen molar-refractivity contribution in [2.24, 2.45) is 0 Å². The molecule has 0 aliphatic rings. The first-order chi connectivity index (χ1) is 8.46. The zero-order chi connectivity index (χ0) is 13.6. The summed E-state index contributed by atoms with van der Waals surface area (Å²) in [5, 5.41) is 0. The molecule has 1 aromatic carbocycles. The van der Waals surface area contributed by atoms with Crippen LogP contribution in [0.15, 0.2) is 18.2 Å². The van der Waals surface area contributed by atoms with Crippen molar-refractivity contribution in [1.82, 2.24) is 0 Å². The van der Waals surface area contributed by atoms with E-state index in [9.17, 15) is 18.0 Å². The fourth-order valence-electron chi connectivity index (χ4n) is 1.17. The second-order valence-electron chi connectivity index (χ2n) is 3.16. The monoisotopic (exact) mass is 280 g/mol. The summed E-state index contributed by atoms with van der Waals surface area (Å²) >= 11 is -0.168. The van der Waals surface area contributed by atoms with Gasteiger partial charge in [-0.2, -0.15) is 13.2 Å². The molecule has 3 nitrogen and oxygen atoms in total. The number of halogens is 3. The quantitative estimate of drug-likeness (QED) is 0.592. The first-order valence-electron chi connectivity index (χ1n) is 4.93. The Balaban J connectivity index is 2.57. The van der Waals surface area contributed by atoms with Gasteiger partial charge in [-0.3, -0.25) is 4.79 Å². The lowest BCUT2D eigenvalue weighted by Gasteiger charge is -2.10. The molecule has 0 saturated carbocycles. The lowest BCUT2D eigenvalue weighted by molar-refractivity contribution is -0.0329. The number of hydrogen-bond donors (Lipinski definition) is 0. The first-order valence-corrected chi connectivity index (χ1v) is 5.91. The smallest absolute Gasteiger partial charge is 0.441 e. The maximum atomic E-state index is 11.9. The number of carbonyl (C=O) groups is 1. The second kappa shape index (κ2) is 6.53. The van der Waals surface area contributed by atoms with Gasteiger partial charge in [-0.25, -0.2) is 0 Å². The minimum Gasteiger partial charge on any atom is -0.497 e. The molecule has 0 radical (unpaired) electrons. The SMILES string of the molecule is COc1ccc(C=O)c(OCCSC(F)(F)F)c1. The maximum Gasteiger partial charge on any atom is 0.441 e.